The molecule has 0 aromatic heterocycles. The van der Waals surface area contributed by atoms with E-state index in [4.69, 9.17) is 9.47 Å². The predicted molar refractivity (Wildman–Crippen MR) is 111 cm³/mol. The predicted octanol–water partition coefficient (Wildman–Crippen LogP) is 4.54. The molecule has 27 heavy (non-hydrogen) atoms. The number of rotatable bonds is 7. The molecule has 1 amide bonds. The molecule has 0 bridgehead atoms. The second kappa shape index (κ2) is 9.09. The summed E-state index contributed by atoms with van der Waals surface area (Å²) in [6.45, 7) is 6.53. The number of benzene rings is 2. The molecule has 1 aliphatic heterocycles. The Kier molecular flexibility index (Phi) is 6.33. The Morgan fingerprint density at radius 1 is 1.11 bits per heavy atom. The maximum atomic E-state index is 12.3. The van der Waals surface area contributed by atoms with Crippen molar-refractivity contribution in [3.05, 3.63) is 71.7 Å². The lowest BCUT2D eigenvalue weighted by molar-refractivity contribution is -0.115. The van der Waals surface area contributed by atoms with Crippen LogP contribution in [0.1, 0.15) is 12.5 Å². The van der Waals surface area contributed by atoms with Gasteiger partial charge in [-0.1, -0.05) is 43.0 Å². The standard InChI is InChI=1S/C21H20N2O3S/c1-3-13-26-17-11-7-5-9-15(17)14-19-20(24)23-21(27-19)22-16-10-6-8-12-18(16)25-4-2/h3,5-12,14H,1,4,13H2,2H3,(H,22,23,24). The molecule has 1 N–H and O–H groups in total. The highest BCUT2D eigenvalue weighted by molar-refractivity contribution is 8.18. The van der Waals surface area contributed by atoms with Crippen molar-refractivity contribution in [2.75, 3.05) is 13.2 Å². The summed E-state index contributed by atoms with van der Waals surface area (Å²) in [4.78, 5) is 17.4. The summed E-state index contributed by atoms with van der Waals surface area (Å²) < 4.78 is 11.2. The number of hydrogen-bond acceptors (Lipinski definition) is 5. The summed E-state index contributed by atoms with van der Waals surface area (Å²) in [5.74, 6) is 1.19. The summed E-state index contributed by atoms with van der Waals surface area (Å²) in [6.07, 6.45) is 3.48. The van der Waals surface area contributed by atoms with Gasteiger partial charge in [0.05, 0.1) is 11.5 Å². The van der Waals surface area contributed by atoms with Crippen LogP contribution in [0.25, 0.3) is 6.08 Å². The van der Waals surface area contributed by atoms with Gasteiger partial charge >= 0.3 is 0 Å². The van der Waals surface area contributed by atoms with E-state index in [1.165, 1.54) is 11.8 Å². The van der Waals surface area contributed by atoms with Crippen LogP contribution in [0, 0.1) is 0 Å². The molecule has 1 heterocycles. The van der Waals surface area contributed by atoms with Crippen LogP contribution in [0.3, 0.4) is 0 Å². The van der Waals surface area contributed by atoms with Crippen molar-refractivity contribution in [2.45, 2.75) is 6.92 Å². The molecule has 0 saturated carbocycles. The fourth-order valence-electron chi connectivity index (χ4n) is 2.44. The van der Waals surface area contributed by atoms with Gasteiger partial charge in [0.25, 0.3) is 5.91 Å². The second-order valence-electron chi connectivity index (χ2n) is 5.52. The van der Waals surface area contributed by atoms with Crippen LogP contribution in [0.15, 0.2) is 71.1 Å². The van der Waals surface area contributed by atoms with Crippen LogP contribution >= 0.6 is 11.8 Å². The number of aliphatic imine (C=N–C) groups is 1. The Morgan fingerprint density at radius 2 is 1.85 bits per heavy atom. The Hall–Kier alpha value is -2.99. The smallest absolute Gasteiger partial charge is 0.264 e. The minimum absolute atomic E-state index is 0.189. The zero-order chi connectivity index (χ0) is 19.1. The van der Waals surface area contributed by atoms with Crippen LogP contribution in [-0.4, -0.2) is 24.3 Å². The van der Waals surface area contributed by atoms with Gasteiger partial charge in [-0.15, -0.1) is 0 Å². The van der Waals surface area contributed by atoms with Gasteiger partial charge in [-0.25, -0.2) is 4.99 Å². The maximum absolute atomic E-state index is 12.3. The molecular formula is C21H20N2O3S. The maximum Gasteiger partial charge on any atom is 0.264 e. The van der Waals surface area contributed by atoms with Crippen LogP contribution in [0.2, 0.25) is 0 Å². The number of amides is 1. The number of carbonyl (C=O) groups is 1. The number of carbonyl (C=O) groups excluding carboxylic acids is 1. The SMILES string of the molecule is C=CCOc1ccccc1C=C1SC(=Nc2ccccc2OCC)NC1=O. The summed E-state index contributed by atoms with van der Waals surface area (Å²) in [7, 11) is 0. The molecule has 1 fully saturated rings. The van der Waals surface area contributed by atoms with Crippen molar-refractivity contribution in [1.82, 2.24) is 5.32 Å². The number of nitrogens with zero attached hydrogens (tertiary/aromatic N) is 1. The fraction of sp³-hybridized carbons (Fsp3) is 0.143. The van der Waals surface area contributed by atoms with Crippen molar-refractivity contribution in [1.29, 1.82) is 0 Å². The van der Waals surface area contributed by atoms with E-state index in [0.29, 0.717) is 40.5 Å². The molecule has 0 aliphatic carbocycles. The molecule has 0 spiro atoms. The van der Waals surface area contributed by atoms with E-state index in [9.17, 15) is 4.79 Å². The van der Waals surface area contributed by atoms with Crippen molar-refractivity contribution in [2.24, 2.45) is 4.99 Å². The van der Waals surface area contributed by atoms with Gasteiger partial charge in [0.2, 0.25) is 0 Å². The van der Waals surface area contributed by atoms with E-state index in [1.54, 1.807) is 12.2 Å². The fourth-order valence-corrected chi connectivity index (χ4v) is 3.26. The lowest BCUT2D eigenvalue weighted by Gasteiger charge is -2.07. The topological polar surface area (TPSA) is 59.9 Å². The average Bonchev–Trinajstić information content (AvgIpc) is 3.02. The zero-order valence-electron chi connectivity index (χ0n) is 15.0. The number of hydrogen-bond donors (Lipinski definition) is 1. The first-order chi connectivity index (χ1) is 13.2. The zero-order valence-corrected chi connectivity index (χ0v) is 15.8. The Labute approximate surface area is 162 Å². The van der Waals surface area contributed by atoms with Crippen LogP contribution in [-0.2, 0) is 4.79 Å². The molecule has 1 saturated heterocycles. The third-order valence-electron chi connectivity index (χ3n) is 3.60. The van der Waals surface area contributed by atoms with E-state index in [2.05, 4.69) is 16.9 Å². The van der Waals surface area contributed by atoms with E-state index in [1.807, 2.05) is 55.5 Å². The molecule has 5 nitrogen and oxygen atoms in total. The number of thioether (sulfide) groups is 1. The van der Waals surface area contributed by atoms with Crippen LogP contribution < -0.4 is 14.8 Å². The second-order valence-corrected chi connectivity index (χ2v) is 6.55. The molecular weight excluding hydrogens is 360 g/mol. The highest BCUT2D eigenvalue weighted by Gasteiger charge is 2.24. The van der Waals surface area contributed by atoms with Crippen molar-refractivity contribution in [3.63, 3.8) is 0 Å². The van der Waals surface area contributed by atoms with Gasteiger partial charge in [-0.2, -0.15) is 0 Å². The van der Waals surface area contributed by atoms with Crippen LogP contribution in [0.5, 0.6) is 11.5 Å². The molecule has 2 aromatic rings. The lowest BCUT2D eigenvalue weighted by atomic mass is 10.2. The number of amidine groups is 1. The molecule has 1 aliphatic rings. The Morgan fingerprint density at radius 3 is 2.63 bits per heavy atom. The number of nitrogens with one attached hydrogen (secondary N) is 1. The first-order valence-corrected chi connectivity index (χ1v) is 9.37. The van der Waals surface area contributed by atoms with Gasteiger partial charge < -0.3 is 14.8 Å². The summed E-state index contributed by atoms with van der Waals surface area (Å²) in [5.41, 5.74) is 1.51. The highest BCUT2D eigenvalue weighted by Crippen LogP contribution is 2.33. The third kappa shape index (κ3) is 4.80. The monoisotopic (exact) mass is 380 g/mol. The summed E-state index contributed by atoms with van der Waals surface area (Å²) >= 11 is 1.29. The number of para-hydroxylation sites is 3. The molecule has 0 unspecified atom stereocenters. The van der Waals surface area contributed by atoms with Gasteiger partial charge in [0.1, 0.15) is 23.8 Å². The largest absolute Gasteiger partial charge is 0.492 e. The van der Waals surface area contributed by atoms with Gasteiger partial charge in [-0.05, 0) is 43.0 Å². The van der Waals surface area contributed by atoms with Crippen molar-refractivity contribution in [3.8, 4) is 11.5 Å². The molecule has 3 rings (SSSR count). The normalized spacial score (nSPS) is 16.4. The van der Waals surface area contributed by atoms with Crippen molar-refractivity contribution >= 4 is 34.6 Å². The van der Waals surface area contributed by atoms with Crippen LogP contribution in [0.4, 0.5) is 5.69 Å². The number of ether oxygens (including phenoxy) is 2. The van der Waals surface area contributed by atoms with Gasteiger partial charge in [0.15, 0.2) is 5.17 Å². The minimum Gasteiger partial charge on any atom is -0.492 e. The molecule has 6 heteroatoms. The molecule has 2 aromatic carbocycles. The Bertz CT molecular complexity index is 906. The first kappa shape index (κ1) is 18.8. The minimum atomic E-state index is -0.189. The van der Waals surface area contributed by atoms with Crippen molar-refractivity contribution < 1.29 is 14.3 Å². The lowest BCUT2D eigenvalue weighted by Crippen LogP contribution is -2.19. The molecule has 138 valence electrons. The highest BCUT2D eigenvalue weighted by atomic mass is 32.2. The summed E-state index contributed by atoms with van der Waals surface area (Å²) in [5, 5.41) is 3.31. The van der Waals surface area contributed by atoms with E-state index < -0.39 is 0 Å². The van der Waals surface area contributed by atoms with E-state index in [0.717, 1.165) is 5.56 Å². The first-order valence-electron chi connectivity index (χ1n) is 8.55. The van der Waals surface area contributed by atoms with Gasteiger partial charge in [0, 0.05) is 5.56 Å². The molecule has 0 radical (unpaired) electrons. The Balaban J connectivity index is 1.84. The third-order valence-corrected chi connectivity index (χ3v) is 4.51. The molecule has 0 atom stereocenters. The van der Waals surface area contributed by atoms with E-state index >= 15 is 0 Å². The summed E-state index contributed by atoms with van der Waals surface area (Å²) in [6, 6.07) is 15.0. The van der Waals surface area contributed by atoms with Gasteiger partial charge in [-0.3, -0.25) is 4.79 Å². The average molecular weight is 380 g/mol. The van der Waals surface area contributed by atoms with E-state index in [-0.39, 0.29) is 5.91 Å². The quantitative estimate of drug-likeness (QED) is 0.566.